The minimum atomic E-state index is -0.302. The van der Waals surface area contributed by atoms with Crippen LogP contribution >= 0.6 is 0 Å². The smallest absolute Gasteiger partial charge is 0.246 e. The Morgan fingerprint density at radius 1 is 0.897 bits per heavy atom. The highest BCUT2D eigenvalue weighted by atomic mass is 16.7. The Kier molecular flexibility index (Phi) is 5.77. The van der Waals surface area contributed by atoms with Crippen LogP contribution in [-0.4, -0.2) is 19.3 Å². The van der Waals surface area contributed by atoms with Crippen molar-refractivity contribution in [1.82, 2.24) is 5.32 Å². The molecule has 1 amide bonds. The molecule has 5 heteroatoms. The number of amides is 1. The Morgan fingerprint density at radius 2 is 1.52 bits per heavy atom. The maximum Gasteiger partial charge on any atom is 0.246 e. The number of nitrogens with one attached hydrogen (secondary N) is 1. The molecule has 5 nitrogen and oxygen atoms in total. The zero-order chi connectivity index (χ0) is 20.1. The predicted octanol–water partition coefficient (Wildman–Crippen LogP) is 4.40. The lowest BCUT2D eigenvalue weighted by atomic mass is 10.0. The van der Waals surface area contributed by atoms with Crippen LogP contribution in [0, 0.1) is 0 Å². The number of hydrogen-bond acceptors (Lipinski definition) is 4. The Bertz CT molecular complexity index is 920. The second-order valence-corrected chi connectivity index (χ2v) is 6.91. The fourth-order valence-electron chi connectivity index (χ4n) is 3.35. The first kappa shape index (κ1) is 19.0. The first-order chi connectivity index (χ1) is 14.2. The van der Waals surface area contributed by atoms with E-state index in [0.29, 0.717) is 5.75 Å². The lowest BCUT2D eigenvalue weighted by Crippen LogP contribution is -2.30. The Morgan fingerprint density at radius 3 is 2.17 bits per heavy atom. The summed E-state index contributed by atoms with van der Waals surface area (Å²) in [6.45, 7) is 2.12. The molecular weight excluding hydrogens is 366 g/mol. The molecule has 0 saturated carbocycles. The summed E-state index contributed by atoms with van der Waals surface area (Å²) in [7, 11) is 0. The lowest BCUT2D eigenvalue weighted by Gasteiger charge is -2.20. The van der Waals surface area contributed by atoms with Crippen LogP contribution in [0.15, 0.2) is 78.9 Å². The summed E-state index contributed by atoms with van der Waals surface area (Å²) in [6.07, 6.45) is -0.302. The van der Waals surface area contributed by atoms with Crippen molar-refractivity contribution in [2.75, 3.05) is 13.4 Å². The summed E-state index contributed by atoms with van der Waals surface area (Å²) in [6, 6.07) is 25.3. The van der Waals surface area contributed by atoms with Gasteiger partial charge in [0.1, 0.15) is 12.7 Å². The van der Waals surface area contributed by atoms with E-state index in [-0.39, 0.29) is 31.5 Å². The highest BCUT2D eigenvalue weighted by Crippen LogP contribution is 2.34. The molecule has 0 bridgehead atoms. The van der Waals surface area contributed by atoms with Crippen molar-refractivity contribution in [2.45, 2.75) is 19.1 Å². The van der Waals surface area contributed by atoms with Gasteiger partial charge in [0.15, 0.2) is 11.5 Å². The van der Waals surface area contributed by atoms with Gasteiger partial charge in [-0.3, -0.25) is 4.79 Å². The average molecular weight is 389 g/mol. The SMILES string of the molecule is C[C@@H](NC(=O)COC(c1ccccc1)c1ccccc1)c1ccc2c(c1)OCO2. The number of carbonyl (C=O) groups excluding carboxylic acids is 1. The second-order valence-electron chi connectivity index (χ2n) is 6.91. The molecule has 0 radical (unpaired) electrons. The van der Waals surface area contributed by atoms with Gasteiger partial charge < -0.3 is 19.5 Å². The standard InChI is InChI=1S/C24H23NO4/c1-17(20-12-13-21-22(14-20)29-16-28-21)25-23(26)15-27-24(18-8-4-2-5-9-18)19-10-6-3-7-11-19/h2-14,17,24H,15-16H2,1H3,(H,25,26)/t17-/m1/s1. The van der Waals surface area contributed by atoms with Crippen molar-refractivity contribution in [3.8, 4) is 11.5 Å². The number of hydrogen-bond donors (Lipinski definition) is 1. The lowest BCUT2D eigenvalue weighted by molar-refractivity contribution is -0.127. The molecule has 148 valence electrons. The molecule has 0 aliphatic carbocycles. The molecule has 0 spiro atoms. The average Bonchev–Trinajstić information content (AvgIpc) is 3.23. The molecule has 1 N–H and O–H groups in total. The van der Waals surface area contributed by atoms with Gasteiger partial charge in [0.25, 0.3) is 0 Å². The summed E-state index contributed by atoms with van der Waals surface area (Å²) >= 11 is 0. The van der Waals surface area contributed by atoms with Gasteiger partial charge in [-0.2, -0.15) is 0 Å². The van der Waals surface area contributed by atoms with Gasteiger partial charge >= 0.3 is 0 Å². The number of benzene rings is 3. The molecule has 0 aromatic heterocycles. The predicted molar refractivity (Wildman–Crippen MR) is 110 cm³/mol. The summed E-state index contributed by atoms with van der Waals surface area (Å²) in [5.41, 5.74) is 2.97. The number of fused-ring (bicyclic) bond motifs is 1. The molecule has 1 aliphatic rings. The highest BCUT2D eigenvalue weighted by Gasteiger charge is 2.19. The molecular formula is C24H23NO4. The molecule has 3 aromatic rings. The maximum atomic E-state index is 12.5. The second kappa shape index (κ2) is 8.80. The van der Waals surface area contributed by atoms with E-state index in [4.69, 9.17) is 14.2 Å². The molecule has 1 aliphatic heterocycles. The monoisotopic (exact) mass is 389 g/mol. The molecule has 0 fully saturated rings. The van der Waals surface area contributed by atoms with Gasteiger partial charge in [-0.25, -0.2) is 0 Å². The summed E-state index contributed by atoms with van der Waals surface area (Å²) in [5.74, 6) is 1.25. The van der Waals surface area contributed by atoms with E-state index in [1.165, 1.54) is 0 Å². The number of ether oxygens (including phenoxy) is 3. The van der Waals surface area contributed by atoms with Crippen LogP contribution < -0.4 is 14.8 Å². The van der Waals surface area contributed by atoms with Gasteiger partial charge in [-0.15, -0.1) is 0 Å². The number of rotatable bonds is 7. The van der Waals surface area contributed by atoms with Crippen LogP contribution in [0.5, 0.6) is 11.5 Å². The first-order valence-corrected chi connectivity index (χ1v) is 9.61. The van der Waals surface area contributed by atoms with E-state index in [2.05, 4.69) is 5.32 Å². The summed E-state index contributed by atoms with van der Waals surface area (Å²) < 4.78 is 16.8. The minimum Gasteiger partial charge on any atom is -0.454 e. The van der Waals surface area contributed by atoms with Crippen LogP contribution in [-0.2, 0) is 9.53 Å². The van der Waals surface area contributed by atoms with Crippen LogP contribution in [0.2, 0.25) is 0 Å². The van der Waals surface area contributed by atoms with E-state index in [9.17, 15) is 4.79 Å². The van der Waals surface area contributed by atoms with E-state index < -0.39 is 0 Å². The van der Waals surface area contributed by atoms with Crippen molar-refractivity contribution in [3.05, 3.63) is 95.6 Å². The first-order valence-electron chi connectivity index (χ1n) is 9.61. The number of carbonyl (C=O) groups is 1. The Hall–Kier alpha value is -3.31. The van der Waals surface area contributed by atoms with Crippen LogP contribution in [0.1, 0.15) is 35.8 Å². The van der Waals surface area contributed by atoms with Gasteiger partial charge in [0.2, 0.25) is 12.7 Å². The van der Waals surface area contributed by atoms with Crippen molar-refractivity contribution in [1.29, 1.82) is 0 Å². The summed E-state index contributed by atoms with van der Waals surface area (Å²) in [5, 5.41) is 2.99. The van der Waals surface area contributed by atoms with Gasteiger partial charge in [0, 0.05) is 0 Å². The van der Waals surface area contributed by atoms with E-state index >= 15 is 0 Å². The normalized spacial score (nSPS) is 13.3. The minimum absolute atomic E-state index is 0.0383. The van der Waals surface area contributed by atoms with Crippen LogP contribution in [0.25, 0.3) is 0 Å². The fraction of sp³-hybridized carbons (Fsp3) is 0.208. The van der Waals surface area contributed by atoms with Gasteiger partial charge in [-0.1, -0.05) is 66.7 Å². The molecule has 1 heterocycles. The molecule has 3 aromatic carbocycles. The van der Waals surface area contributed by atoms with E-state index in [1.807, 2.05) is 85.8 Å². The van der Waals surface area contributed by atoms with Crippen molar-refractivity contribution >= 4 is 5.91 Å². The zero-order valence-electron chi connectivity index (χ0n) is 16.2. The topological polar surface area (TPSA) is 56.8 Å². The third-order valence-electron chi connectivity index (χ3n) is 4.86. The van der Waals surface area contributed by atoms with E-state index in [1.54, 1.807) is 0 Å². The maximum absolute atomic E-state index is 12.5. The largest absolute Gasteiger partial charge is 0.454 e. The third kappa shape index (κ3) is 4.58. The fourth-order valence-corrected chi connectivity index (χ4v) is 3.35. The van der Waals surface area contributed by atoms with Gasteiger partial charge in [-0.05, 0) is 35.7 Å². The Labute approximate surface area is 170 Å². The van der Waals surface area contributed by atoms with Gasteiger partial charge in [0.05, 0.1) is 6.04 Å². The molecule has 1 atom stereocenters. The molecule has 0 saturated heterocycles. The summed E-state index contributed by atoms with van der Waals surface area (Å²) in [4.78, 5) is 12.5. The zero-order valence-corrected chi connectivity index (χ0v) is 16.2. The van der Waals surface area contributed by atoms with E-state index in [0.717, 1.165) is 22.4 Å². The van der Waals surface area contributed by atoms with Crippen LogP contribution in [0.4, 0.5) is 0 Å². The van der Waals surface area contributed by atoms with Crippen molar-refractivity contribution in [2.24, 2.45) is 0 Å². The molecule has 0 unspecified atom stereocenters. The molecule has 4 rings (SSSR count). The quantitative estimate of drug-likeness (QED) is 0.651. The van der Waals surface area contributed by atoms with Crippen LogP contribution in [0.3, 0.4) is 0 Å². The third-order valence-corrected chi connectivity index (χ3v) is 4.86. The van der Waals surface area contributed by atoms with Crippen molar-refractivity contribution in [3.63, 3.8) is 0 Å². The Balaban J connectivity index is 1.40. The highest BCUT2D eigenvalue weighted by molar-refractivity contribution is 5.77. The van der Waals surface area contributed by atoms with Crippen molar-refractivity contribution < 1.29 is 19.0 Å². The molecule has 29 heavy (non-hydrogen) atoms.